The molecule has 2 aliphatic rings. The van der Waals surface area contributed by atoms with Crippen molar-refractivity contribution in [1.29, 1.82) is 0 Å². The second-order valence-electron chi connectivity index (χ2n) is 4.70. The van der Waals surface area contributed by atoms with Gasteiger partial charge in [-0.05, 0) is 39.1 Å². The number of hydrogen-bond acceptors (Lipinski definition) is 3. The highest BCUT2D eigenvalue weighted by atomic mass is 15.3. The zero-order chi connectivity index (χ0) is 9.64. The van der Waals surface area contributed by atoms with Gasteiger partial charge in [-0.1, -0.05) is 0 Å². The highest BCUT2D eigenvalue weighted by molar-refractivity contribution is 5.26. The van der Waals surface area contributed by atoms with Crippen LogP contribution in [0.25, 0.3) is 0 Å². The summed E-state index contributed by atoms with van der Waals surface area (Å²) < 4.78 is 0. The molecule has 2 heterocycles. The lowest BCUT2D eigenvalue weighted by Gasteiger charge is -2.36. The van der Waals surface area contributed by atoms with Crippen LogP contribution in [0.3, 0.4) is 0 Å². The Morgan fingerprint density at radius 2 is 2.15 bits per heavy atom. The molecular weight excluding hydrogens is 162 g/mol. The second kappa shape index (κ2) is 2.44. The van der Waals surface area contributed by atoms with Crippen LogP contribution in [-0.2, 0) is 0 Å². The Labute approximate surface area is 79.3 Å². The Kier molecular flexibility index (Phi) is 1.59. The molecule has 0 spiro atoms. The van der Waals surface area contributed by atoms with Crippen molar-refractivity contribution in [3.05, 3.63) is 24.2 Å². The molecule has 3 nitrogen and oxygen atoms in total. The summed E-state index contributed by atoms with van der Waals surface area (Å²) in [6.45, 7) is 6.63. The van der Waals surface area contributed by atoms with E-state index in [2.05, 4.69) is 49.3 Å². The van der Waals surface area contributed by atoms with Crippen LogP contribution >= 0.6 is 0 Å². The van der Waals surface area contributed by atoms with Crippen LogP contribution in [-0.4, -0.2) is 22.5 Å². The van der Waals surface area contributed by atoms with Crippen molar-refractivity contribution in [2.75, 3.05) is 0 Å². The number of rotatable bonds is 0. The molecular formula is C10H17N3. The quantitative estimate of drug-likeness (QED) is 0.576. The highest BCUT2D eigenvalue weighted by Crippen LogP contribution is 2.28. The van der Waals surface area contributed by atoms with E-state index in [0.29, 0.717) is 12.1 Å². The fourth-order valence-electron chi connectivity index (χ4n) is 1.98. The summed E-state index contributed by atoms with van der Waals surface area (Å²) in [5.41, 5.74) is 5.89. The van der Waals surface area contributed by atoms with Crippen molar-refractivity contribution in [1.82, 2.24) is 10.2 Å². The topological polar surface area (TPSA) is 41.3 Å². The summed E-state index contributed by atoms with van der Waals surface area (Å²) in [6.07, 6.45) is 6.42. The predicted molar refractivity (Wildman–Crippen MR) is 53.7 cm³/mol. The molecule has 0 aromatic carbocycles. The van der Waals surface area contributed by atoms with Crippen LogP contribution in [0, 0.1) is 0 Å². The smallest absolute Gasteiger partial charge is 0.0946 e. The monoisotopic (exact) mass is 179 g/mol. The molecule has 2 unspecified atom stereocenters. The van der Waals surface area contributed by atoms with Gasteiger partial charge in [0, 0.05) is 5.54 Å². The Hall–Kier alpha value is -1.12. The number of hydrogen-bond donors (Lipinski definition) is 2. The summed E-state index contributed by atoms with van der Waals surface area (Å²) in [7, 11) is 0. The minimum atomic E-state index is 0.165. The van der Waals surface area contributed by atoms with Gasteiger partial charge in [-0.25, -0.2) is 0 Å². The molecule has 2 atom stereocenters. The first-order valence-corrected chi connectivity index (χ1v) is 4.69. The molecule has 0 saturated carbocycles. The van der Waals surface area contributed by atoms with Crippen molar-refractivity contribution in [3.63, 3.8) is 0 Å². The SMILES string of the molecule is CC(C)(C)N1C=CC2NC(N)=CC21. The van der Waals surface area contributed by atoms with Gasteiger partial charge in [-0.3, -0.25) is 0 Å². The number of nitrogens with two attached hydrogens (primary N) is 1. The normalized spacial score (nSPS) is 31.6. The lowest BCUT2D eigenvalue weighted by Crippen LogP contribution is -2.45. The van der Waals surface area contributed by atoms with Gasteiger partial charge in [-0.2, -0.15) is 0 Å². The maximum absolute atomic E-state index is 5.72. The molecule has 3 heteroatoms. The van der Waals surface area contributed by atoms with E-state index in [-0.39, 0.29) is 5.54 Å². The summed E-state index contributed by atoms with van der Waals surface area (Å²) >= 11 is 0. The number of nitrogens with zero attached hydrogens (tertiary/aromatic N) is 1. The average Bonchev–Trinajstić information content (AvgIpc) is 2.41. The van der Waals surface area contributed by atoms with Crippen LogP contribution in [0.4, 0.5) is 0 Å². The molecule has 0 bridgehead atoms. The zero-order valence-corrected chi connectivity index (χ0v) is 8.41. The van der Waals surface area contributed by atoms with E-state index in [0.717, 1.165) is 5.82 Å². The van der Waals surface area contributed by atoms with Gasteiger partial charge >= 0.3 is 0 Å². The third-order valence-electron chi connectivity index (χ3n) is 2.60. The average molecular weight is 179 g/mol. The van der Waals surface area contributed by atoms with Gasteiger partial charge in [-0.15, -0.1) is 0 Å². The van der Waals surface area contributed by atoms with Crippen LogP contribution in [0.5, 0.6) is 0 Å². The van der Waals surface area contributed by atoms with Crippen LogP contribution < -0.4 is 11.1 Å². The minimum absolute atomic E-state index is 0.165. The van der Waals surface area contributed by atoms with Crippen molar-refractivity contribution >= 4 is 0 Å². The first-order chi connectivity index (χ1) is 5.98. The van der Waals surface area contributed by atoms with E-state index in [9.17, 15) is 0 Å². The lowest BCUT2D eigenvalue weighted by molar-refractivity contribution is 0.180. The lowest BCUT2D eigenvalue weighted by atomic mass is 10.0. The van der Waals surface area contributed by atoms with E-state index in [1.807, 2.05) is 0 Å². The summed E-state index contributed by atoms with van der Waals surface area (Å²) in [4.78, 5) is 2.34. The van der Waals surface area contributed by atoms with Crippen molar-refractivity contribution in [3.8, 4) is 0 Å². The molecule has 0 amide bonds. The van der Waals surface area contributed by atoms with E-state index in [1.54, 1.807) is 0 Å². The van der Waals surface area contributed by atoms with Crippen molar-refractivity contribution in [2.45, 2.75) is 38.4 Å². The van der Waals surface area contributed by atoms with Gasteiger partial charge in [0.25, 0.3) is 0 Å². The molecule has 0 aromatic heterocycles. The zero-order valence-electron chi connectivity index (χ0n) is 8.41. The molecule has 2 rings (SSSR count). The van der Waals surface area contributed by atoms with Gasteiger partial charge in [0.15, 0.2) is 0 Å². The molecule has 0 aromatic rings. The molecule has 0 saturated heterocycles. The molecule has 0 aliphatic carbocycles. The van der Waals surface area contributed by atoms with Crippen molar-refractivity contribution < 1.29 is 0 Å². The summed E-state index contributed by atoms with van der Waals surface area (Å²) in [5, 5.41) is 3.23. The van der Waals surface area contributed by atoms with Crippen molar-refractivity contribution in [2.24, 2.45) is 5.73 Å². The largest absolute Gasteiger partial charge is 0.386 e. The second-order valence-corrected chi connectivity index (χ2v) is 4.70. The Bertz CT molecular complexity index is 272. The van der Waals surface area contributed by atoms with E-state index in [4.69, 9.17) is 5.73 Å². The Morgan fingerprint density at radius 1 is 1.46 bits per heavy atom. The Balaban J connectivity index is 2.21. The van der Waals surface area contributed by atoms with E-state index < -0.39 is 0 Å². The first kappa shape index (κ1) is 8.48. The maximum atomic E-state index is 5.72. The maximum Gasteiger partial charge on any atom is 0.0946 e. The molecule has 13 heavy (non-hydrogen) atoms. The third kappa shape index (κ3) is 1.28. The van der Waals surface area contributed by atoms with E-state index in [1.165, 1.54) is 0 Å². The van der Waals surface area contributed by atoms with E-state index >= 15 is 0 Å². The van der Waals surface area contributed by atoms with Crippen LogP contribution in [0.1, 0.15) is 20.8 Å². The molecule has 2 aliphatic heterocycles. The fourth-order valence-corrected chi connectivity index (χ4v) is 1.98. The van der Waals surface area contributed by atoms with Crippen LogP contribution in [0.2, 0.25) is 0 Å². The fraction of sp³-hybridized carbons (Fsp3) is 0.600. The summed E-state index contributed by atoms with van der Waals surface area (Å²) in [6, 6.07) is 0.777. The predicted octanol–water partition coefficient (Wildman–Crippen LogP) is 0.755. The van der Waals surface area contributed by atoms with Gasteiger partial charge in [0.2, 0.25) is 0 Å². The third-order valence-corrected chi connectivity index (χ3v) is 2.60. The number of fused-ring (bicyclic) bond motifs is 1. The summed E-state index contributed by atoms with van der Waals surface area (Å²) in [5.74, 6) is 0.800. The standard InChI is InChI=1S/C10H17N3/c1-10(2,3)13-5-4-7-8(13)6-9(11)12-7/h4-8,12H,11H2,1-3H3. The molecule has 0 fully saturated rings. The highest BCUT2D eigenvalue weighted by Gasteiger charge is 2.37. The van der Waals surface area contributed by atoms with Crippen LogP contribution in [0.15, 0.2) is 24.2 Å². The number of nitrogens with one attached hydrogen (secondary N) is 1. The Morgan fingerprint density at radius 3 is 2.77 bits per heavy atom. The van der Waals surface area contributed by atoms with Gasteiger partial charge in [0.1, 0.15) is 0 Å². The molecule has 72 valence electrons. The van der Waals surface area contributed by atoms with Gasteiger partial charge in [0.05, 0.1) is 17.9 Å². The minimum Gasteiger partial charge on any atom is -0.386 e. The molecule has 0 radical (unpaired) electrons. The molecule has 3 N–H and O–H groups in total. The van der Waals surface area contributed by atoms with Gasteiger partial charge < -0.3 is 16.0 Å². The first-order valence-electron chi connectivity index (χ1n) is 4.69.